The van der Waals surface area contributed by atoms with E-state index in [-0.39, 0.29) is 10.8 Å². The van der Waals surface area contributed by atoms with Crippen LogP contribution in [-0.4, -0.2) is 14.5 Å². The number of aromatic nitrogens is 3. The summed E-state index contributed by atoms with van der Waals surface area (Å²) in [6, 6.07) is 35.3. The van der Waals surface area contributed by atoms with Crippen molar-refractivity contribution in [3.63, 3.8) is 0 Å². The van der Waals surface area contributed by atoms with Crippen molar-refractivity contribution in [1.29, 1.82) is 0 Å². The molecule has 5 nitrogen and oxygen atoms in total. The summed E-state index contributed by atoms with van der Waals surface area (Å²) >= 11 is 1.64. The van der Waals surface area contributed by atoms with Crippen molar-refractivity contribution in [3.8, 4) is 28.3 Å². The standard InChI is InChI=1S/C44H35N5S/c1-43(2,3)28-18-20-35-31(24-28)32-25-29(44(4,5)6)19-21-36(32)49(35)40-33(45-7)22-27(23-34(40)46-8)38-41-39(30-16-12-13-17-37(30)50-41)48-42(47-38)26-14-10-9-11-15-26/h9-25H,1-6H3. The molecule has 50 heavy (non-hydrogen) atoms. The predicted molar refractivity (Wildman–Crippen MR) is 210 cm³/mol. The molecule has 6 heteroatoms. The van der Waals surface area contributed by atoms with Gasteiger partial charge in [0, 0.05) is 26.4 Å². The number of rotatable bonds is 3. The minimum absolute atomic E-state index is 0.0384. The van der Waals surface area contributed by atoms with Crippen molar-refractivity contribution in [2.24, 2.45) is 0 Å². The molecular formula is C44H35N5S. The number of fused-ring (bicyclic) bond motifs is 6. The van der Waals surface area contributed by atoms with Crippen LogP contribution in [-0.2, 0) is 10.8 Å². The monoisotopic (exact) mass is 665 g/mol. The maximum atomic E-state index is 8.47. The van der Waals surface area contributed by atoms with E-state index in [0.717, 1.165) is 58.9 Å². The highest BCUT2D eigenvalue weighted by atomic mass is 32.1. The highest BCUT2D eigenvalue weighted by Gasteiger charge is 2.25. The van der Waals surface area contributed by atoms with Crippen LogP contribution in [0, 0.1) is 13.1 Å². The topological polar surface area (TPSA) is 39.4 Å². The van der Waals surface area contributed by atoms with Gasteiger partial charge in [-0.1, -0.05) is 102 Å². The number of nitrogens with zero attached hydrogens (tertiary/aromatic N) is 5. The molecule has 0 atom stereocenters. The first-order valence-corrected chi connectivity index (χ1v) is 17.6. The Morgan fingerprint density at radius 3 is 1.72 bits per heavy atom. The maximum Gasteiger partial charge on any atom is 0.200 e. The van der Waals surface area contributed by atoms with Crippen molar-refractivity contribution < 1.29 is 0 Å². The molecule has 5 aromatic carbocycles. The Morgan fingerprint density at radius 1 is 0.600 bits per heavy atom. The van der Waals surface area contributed by atoms with Crippen molar-refractivity contribution >= 4 is 64.8 Å². The summed E-state index contributed by atoms with van der Waals surface area (Å²) in [4.78, 5) is 18.4. The van der Waals surface area contributed by atoms with Gasteiger partial charge in [0.25, 0.3) is 0 Å². The van der Waals surface area contributed by atoms with Gasteiger partial charge >= 0.3 is 0 Å². The van der Waals surface area contributed by atoms with Gasteiger partial charge in [-0.05, 0) is 70.0 Å². The van der Waals surface area contributed by atoms with Gasteiger partial charge in [0.1, 0.15) is 0 Å². The number of hydrogen-bond acceptors (Lipinski definition) is 3. The van der Waals surface area contributed by atoms with Crippen LogP contribution in [0.5, 0.6) is 0 Å². The first-order chi connectivity index (χ1) is 24.0. The number of hydrogen-bond donors (Lipinski definition) is 0. The van der Waals surface area contributed by atoms with Gasteiger partial charge in [0.2, 0.25) is 11.4 Å². The van der Waals surface area contributed by atoms with Crippen LogP contribution >= 0.6 is 11.3 Å². The van der Waals surface area contributed by atoms with Crippen LogP contribution < -0.4 is 0 Å². The summed E-state index contributed by atoms with van der Waals surface area (Å²) < 4.78 is 4.18. The first-order valence-electron chi connectivity index (χ1n) is 16.7. The lowest BCUT2D eigenvalue weighted by Crippen LogP contribution is -2.10. The van der Waals surface area contributed by atoms with E-state index in [1.807, 2.05) is 54.6 Å². The fourth-order valence-corrected chi connectivity index (χ4v) is 7.99. The van der Waals surface area contributed by atoms with Crippen molar-refractivity contribution in [2.75, 3.05) is 0 Å². The van der Waals surface area contributed by atoms with E-state index in [2.05, 4.69) is 104 Å². The van der Waals surface area contributed by atoms with Crippen LogP contribution in [0.1, 0.15) is 52.7 Å². The molecule has 0 aliphatic heterocycles. The fourth-order valence-electron chi connectivity index (χ4n) is 6.84. The third-order valence-electron chi connectivity index (χ3n) is 9.56. The highest BCUT2D eigenvalue weighted by molar-refractivity contribution is 7.26. The molecular weight excluding hydrogens is 631 g/mol. The second-order valence-corrected chi connectivity index (χ2v) is 16.0. The predicted octanol–water partition coefficient (Wildman–Crippen LogP) is 13.0. The Balaban J connectivity index is 1.43. The Hall–Kier alpha value is -5.82. The number of benzene rings is 5. The fraction of sp³-hybridized carbons (Fsp3) is 0.182. The maximum absolute atomic E-state index is 8.47. The molecule has 0 amide bonds. The lowest BCUT2D eigenvalue weighted by atomic mass is 9.85. The van der Waals surface area contributed by atoms with Gasteiger partial charge in [-0.3, -0.25) is 0 Å². The van der Waals surface area contributed by atoms with E-state index in [0.29, 0.717) is 22.9 Å². The smallest absolute Gasteiger partial charge is 0.200 e. The SMILES string of the molecule is [C-]#[N+]c1cc(-c2nc(-c3ccccc3)nc3c2sc2ccccc23)cc([N+]#[C-])c1-n1c2ccc(C(C)(C)C)cc2c2cc(C(C)(C)C)ccc21. The first kappa shape index (κ1) is 31.4. The average molecular weight is 666 g/mol. The molecule has 0 spiro atoms. The van der Waals surface area contributed by atoms with E-state index in [1.54, 1.807) is 11.3 Å². The molecule has 0 aliphatic rings. The van der Waals surface area contributed by atoms with Gasteiger partial charge < -0.3 is 4.57 Å². The second kappa shape index (κ2) is 11.4. The minimum Gasteiger partial charge on any atom is -0.329 e. The van der Waals surface area contributed by atoms with Crippen LogP contribution in [0.4, 0.5) is 11.4 Å². The zero-order chi connectivity index (χ0) is 34.9. The Morgan fingerprint density at radius 2 is 1.16 bits per heavy atom. The van der Waals surface area contributed by atoms with E-state index in [1.165, 1.54) is 11.1 Å². The summed E-state index contributed by atoms with van der Waals surface area (Å²) in [5, 5.41) is 3.30. The highest BCUT2D eigenvalue weighted by Crippen LogP contribution is 2.46. The summed E-state index contributed by atoms with van der Waals surface area (Å²) in [7, 11) is 0. The normalized spacial score (nSPS) is 12.2. The Kier molecular flexibility index (Phi) is 7.15. The van der Waals surface area contributed by atoms with Gasteiger partial charge in [-0.15, -0.1) is 11.3 Å². The third kappa shape index (κ3) is 5.04. The molecule has 3 heterocycles. The molecule has 0 N–H and O–H groups in total. The molecule has 0 saturated heterocycles. The van der Waals surface area contributed by atoms with Crippen LogP contribution in [0.25, 0.3) is 80.1 Å². The number of thiophene rings is 1. The largest absolute Gasteiger partial charge is 0.329 e. The molecule has 0 radical (unpaired) electrons. The third-order valence-corrected chi connectivity index (χ3v) is 10.7. The molecule has 8 aromatic rings. The molecule has 0 aliphatic carbocycles. The quantitative estimate of drug-likeness (QED) is 0.176. The summed E-state index contributed by atoms with van der Waals surface area (Å²) in [5.41, 5.74) is 8.99. The van der Waals surface area contributed by atoms with Crippen LogP contribution in [0.3, 0.4) is 0 Å². The van der Waals surface area contributed by atoms with Crippen LogP contribution in [0.15, 0.2) is 103 Å². The molecule has 0 saturated carbocycles. The van der Waals surface area contributed by atoms with Gasteiger partial charge in [-0.2, -0.15) is 0 Å². The Bertz CT molecular complexity index is 2630. The second-order valence-electron chi connectivity index (χ2n) is 14.9. The molecule has 0 unspecified atom stereocenters. The van der Waals surface area contributed by atoms with Gasteiger partial charge in [0.15, 0.2) is 5.82 Å². The Labute approximate surface area is 296 Å². The van der Waals surface area contributed by atoms with Gasteiger partial charge in [-0.25, -0.2) is 19.7 Å². The molecule has 0 bridgehead atoms. The van der Waals surface area contributed by atoms with E-state index in [4.69, 9.17) is 23.1 Å². The molecule has 242 valence electrons. The van der Waals surface area contributed by atoms with Crippen molar-refractivity contribution in [2.45, 2.75) is 52.4 Å². The minimum atomic E-state index is -0.0384. The van der Waals surface area contributed by atoms with Gasteiger partial charge in [0.05, 0.1) is 45.8 Å². The molecule has 8 rings (SSSR count). The zero-order valence-corrected chi connectivity index (χ0v) is 29.8. The lowest BCUT2D eigenvalue weighted by Gasteiger charge is -2.19. The van der Waals surface area contributed by atoms with E-state index in [9.17, 15) is 0 Å². The summed E-state index contributed by atoms with van der Waals surface area (Å²) in [6.07, 6.45) is 0. The lowest BCUT2D eigenvalue weighted by molar-refractivity contribution is 0.590. The summed E-state index contributed by atoms with van der Waals surface area (Å²) in [6.45, 7) is 30.3. The van der Waals surface area contributed by atoms with Crippen LogP contribution in [0.2, 0.25) is 0 Å². The van der Waals surface area contributed by atoms with Crippen molar-refractivity contribution in [3.05, 3.63) is 137 Å². The molecule has 0 fully saturated rings. The van der Waals surface area contributed by atoms with E-state index < -0.39 is 0 Å². The zero-order valence-electron chi connectivity index (χ0n) is 29.0. The van der Waals surface area contributed by atoms with Crippen molar-refractivity contribution in [1.82, 2.24) is 14.5 Å². The average Bonchev–Trinajstić information content (AvgIpc) is 3.65. The van der Waals surface area contributed by atoms with E-state index >= 15 is 0 Å². The summed E-state index contributed by atoms with van der Waals surface area (Å²) in [5.74, 6) is 0.612. The molecule has 3 aromatic heterocycles.